The predicted molar refractivity (Wildman–Crippen MR) is 90.0 cm³/mol. The van der Waals surface area contributed by atoms with Crippen LogP contribution in [0.5, 0.6) is 0 Å². The quantitative estimate of drug-likeness (QED) is 0.856. The Morgan fingerprint density at radius 2 is 2.24 bits per heavy atom. The predicted octanol–water partition coefficient (Wildman–Crippen LogP) is 4.24. The van der Waals surface area contributed by atoms with Gasteiger partial charge in [-0.1, -0.05) is 46.6 Å². The topological polar surface area (TPSA) is 46.9 Å². The third-order valence-electron chi connectivity index (χ3n) is 3.14. The van der Waals surface area contributed by atoms with Gasteiger partial charge in [0.05, 0.1) is 11.9 Å². The van der Waals surface area contributed by atoms with Gasteiger partial charge in [0.1, 0.15) is 5.02 Å². The van der Waals surface area contributed by atoms with Gasteiger partial charge in [0.15, 0.2) is 0 Å². The Balaban J connectivity index is 2.24. The molecule has 1 heterocycles. The molecule has 0 aliphatic carbocycles. The molecule has 2 rings (SSSR count). The van der Waals surface area contributed by atoms with Crippen molar-refractivity contribution >= 4 is 33.2 Å². The highest BCUT2D eigenvalue weighted by molar-refractivity contribution is 9.10. The third kappa shape index (κ3) is 3.86. The standard InChI is InChI=1S/C15H17BrClN3O/c1-3-7-20-15(21)14(17)13(9-18-20)19-10(2)11-5-4-6-12(16)8-11/h4-6,8-10,19H,3,7H2,1-2H3. The number of anilines is 1. The Morgan fingerprint density at radius 3 is 2.90 bits per heavy atom. The van der Waals surface area contributed by atoms with E-state index in [0.29, 0.717) is 12.2 Å². The lowest BCUT2D eigenvalue weighted by atomic mass is 10.1. The third-order valence-corrected chi connectivity index (χ3v) is 4.00. The lowest BCUT2D eigenvalue weighted by Gasteiger charge is -2.17. The molecule has 0 spiro atoms. The first-order chi connectivity index (χ1) is 10.0. The highest BCUT2D eigenvalue weighted by Gasteiger charge is 2.12. The fraction of sp³-hybridized carbons (Fsp3) is 0.333. The van der Waals surface area contributed by atoms with E-state index in [2.05, 4.69) is 26.3 Å². The molecule has 0 aliphatic rings. The van der Waals surface area contributed by atoms with E-state index in [9.17, 15) is 4.79 Å². The van der Waals surface area contributed by atoms with Crippen LogP contribution in [-0.2, 0) is 6.54 Å². The molecule has 112 valence electrons. The van der Waals surface area contributed by atoms with Gasteiger partial charge in [-0.3, -0.25) is 4.79 Å². The maximum atomic E-state index is 12.1. The van der Waals surface area contributed by atoms with Crippen LogP contribution in [0.1, 0.15) is 31.9 Å². The summed E-state index contributed by atoms with van der Waals surface area (Å²) in [5.74, 6) is 0. The smallest absolute Gasteiger partial charge is 0.287 e. The van der Waals surface area contributed by atoms with Crippen LogP contribution in [0.15, 0.2) is 39.7 Å². The summed E-state index contributed by atoms with van der Waals surface area (Å²) in [6.07, 6.45) is 2.44. The molecule has 1 atom stereocenters. The summed E-state index contributed by atoms with van der Waals surface area (Å²) in [5, 5.41) is 7.56. The molecule has 0 saturated carbocycles. The molecular formula is C15H17BrClN3O. The van der Waals surface area contributed by atoms with Crippen LogP contribution in [0.4, 0.5) is 5.69 Å². The molecule has 2 aromatic rings. The van der Waals surface area contributed by atoms with Crippen LogP contribution in [-0.4, -0.2) is 9.78 Å². The van der Waals surface area contributed by atoms with E-state index in [1.807, 2.05) is 38.1 Å². The molecule has 1 aromatic heterocycles. The number of hydrogen-bond acceptors (Lipinski definition) is 3. The summed E-state index contributed by atoms with van der Waals surface area (Å²) in [6, 6.07) is 8.00. The van der Waals surface area contributed by atoms with Crippen molar-refractivity contribution in [3.05, 3.63) is 55.9 Å². The van der Waals surface area contributed by atoms with Crippen molar-refractivity contribution in [2.24, 2.45) is 0 Å². The average molecular weight is 371 g/mol. The number of nitrogens with zero attached hydrogens (tertiary/aromatic N) is 2. The second kappa shape index (κ2) is 7.09. The first kappa shape index (κ1) is 16.0. The molecule has 0 amide bonds. The number of aromatic nitrogens is 2. The van der Waals surface area contributed by atoms with Gasteiger partial charge in [-0.25, -0.2) is 4.68 Å². The van der Waals surface area contributed by atoms with Gasteiger partial charge in [0.2, 0.25) is 0 Å². The number of hydrogen-bond donors (Lipinski definition) is 1. The van der Waals surface area contributed by atoms with Gasteiger partial charge in [-0.05, 0) is 31.0 Å². The second-order valence-electron chi connectivity index (χ2n) is 4.82. The van der Waals surface area contributed by atoms with Crippen LogP contribution >= 0.6 is 27.5 Å². The minimum atomic E-state index is -0.259. The van der Waals surface area contributed by atoms with E-state index in [0.717, 1.165) is 16.5 Å². The number of rotatable bonds is 5. The Kier molecular flexibility index (Phi) is 5.42. The van der Waals surface area contributed by atoms with Crippen molar-refractivity contribution in [3.8, 4) is 0 Å². The Hall–Kier alpha value is -1.33. The van der Waals surface area contributed by atoms with Gasteiger partial charge in [0, 0.05) is 17.1 Å². The van der Waals surface area contributed by atoms with Gasteiger partial charge in [0.25, 0.3) is 5.56 Å². The molecule has 0 radical (unpaired) electrons. The number of aryl methyl sites for hydroxylation is 1. The zero-order valence-electron chi connectivity index (χ0n) is 11.9. The van der Waals surface area contributed by atoms with Crippen molar-refractivity contribution < 1.29 is 0 Å². The largest absolute Gasteiger partial charge is 0.376 e. The van der Waals surface area contributed by atoms with Crippen LogP contribution in [0, 0.1) is 0 Å². The molecule has 1 N–H and O–H groups in total. The summed E-state index contributed by atoms with van der Waals surface area (Å²) in [6.45, 7) is 4.57. The van der Waals surface area contributed by atoms with E-state index in [4.69, 9.17) is 11.6 Å². The summed E-state index contributed by atoms with van der Waals surface area (Å²) in [7, 11) is 0. The van der Waals surface area contributed by atoms with E-state index >= 15 is 0 Å². The van der Waals surface area contributed by atoms with Crippen molar-refractivity contribution in [1.82, 2.24) is 9.78 Å². The van der Waals surface area contributed by atoms with Crippen molar-refractivity contribution in [3.63, 3.8) is 0 Å². The molecule has 0 fully saturated rings. The van der Waals surface area contributed by atoms with Gasteiger partial charge in [-0.2, -0.15) is 5.10 Å². The maximum Gasteiger partial charge on any atom is 0.287 e. The van der Waals surface area contributed by atoms with E-state index in [1.165, 1.54) is 4.68 Å². The highest BCUT2D eigenvalue weighted by atomic mass is 79.9. The first-order valence-electron chi connectivity index (χ1n) is 6.80. The lowest BCUT2D eigenvalue weighted by Crippen LogP contribution is -2.24. The van der Waals surface area contributed by atoms with Crippen molar-refractivity contribution in [2.75, 3.05) is 5.32 Å². The van der Waals surface area contributed by atoms with Gasteiger partial charge >= 0.3 is 0 Å². The molecule has 1 unspecified atom stereocenters. The molecule has 0 bridgehead atoms. The van der Waals surface area contributed by atoms with Crippen LogP contribution in [0.2, 0.25) is 5.02 Å². The minimum Gasteiger partial charge on any atom is -0.376 e. The zero-order valence-corrected chi connectivity index (χ0v) is 14.3. The van der Waals surface area contributed by atoms with Crippen molar-refractivity contribution in [2.45, 2.75) is 32.9 Å². The second-order valence-corrected chi connectivity index (χ2v) is 6.12. The summed E-state index contributed by atoms with van der Waals surface area (Å²) < 4.78 is 2.40. The molecule has 1 aromatic carbocycles. The zero-order chi connectivity index (χ0) is 15.4. The number of nitrogens with one attached hydrogen (secondary N) is 1. The average Bonchev–Trinajstić information content (AvgIpc) is 2.47. The lowest BCUT2D eigenvalue weighted by molar-refractivity contribution is 0.568. The molecule has 4 nitrogen and oxygen atoms in total. The van der Waals surface area contributed by atoms with Crippen molar-refractivity contribution in [1.29, 1.82) is 0 Å². The van der Waals surface area contributed by atoms with E-state index in [-0.39, 0.29) is 16.6 Å². The molecule has 0 saturated heterocycles. The molecule has 21 heavy (non-hydrogen) atoms. The van der Waals surface area contributed by atoms with Crippen LogP contribution in [0.25, 0.3) is 0 Å². The fourth-order valence-corrected chi connectivity index (χ4v) is 2.65. The van der Waals surface area contributed by atoms with Gasteiger partial charge < -0.3 is 5.32 Å². The number of halogens is 2. The SMILES string of the molecule is CCCn1ncc(NC(C)c2cccc(Br)c2)c(Cl)c1=O. The summed E-state index contributed by atoms with van der Waals surface area (Å²) in [4.78, 5) is 12.1. The monoisotopic (exact) mass is 369 g/mol. The van der Waals surface area contributed by atoms with Crippen LogP contribution < -0.4 is 10.9 Å². The summed E-state index contributed by atoms with van der Waals surface area (Å²) >= 11 is 9.60. The normalized spacial score (nSPS) is 12.2. The van der Waals surface area contributed by atoms with Crippen LogP contribution in [0.3, 0.4) is 0 Å². The Bertz CT molecular complexity index is 687. The summed E-state index contributed by atoms with van der Waals surface area (Å²) in [5.41, 5.74) is 1.39. The maximum absolute atomic E-state index is 12.1. The Labute approximate surface area is 137 Å². The first-order valence-corrected chi connectivity index (χ1v) is 7.97. The molecule has 0 aliphatic heterocycles. The minimum absolute atomic E-state index is 0.0169. The highest BCUT2D eigenvalue weighted by Crippen LogP contribution is 2.24. The van der Waals surface area contributed by atoms with Gasteiger partial charge in [-0.15, -0.1) is 0 Å². The van der Waals surface area contributed by atoms with E-state index < -0.39 is 0 Å². The Morgan fingerprint density at radius 1 is 1.48 bits per heavy atom. The number of benzene rings is 1. The van der Waals surface area contributed by atoms with E-state index in [1.54, 1.807) is 6.20 Å². The molecule has 6 heteroatoms. The fourth-order valence-electron chi connectivity index (χ4n) is 2.03. The molecular weight excluding hydrogens is 354 g/mol.